The Morgan fingerprint density at radius 2 is 1.92 bits per heavy atom. The van der Waals surface area contributed by atoms with Gasteiger partial charge in [-0.25, -0.2) is 8.42 Å². The van der Waals surface area contributed by atoms with Gasteiger partial charge >= 0.3 is 0 Å². The first kappa shape index (κ1) is 20.2. The van der Waals surface area contributed by atoms with E-state index in [1.165, 1.54) is 18.2 Å². The number of anilines is 1. The van der Waals surface area contributed by atoms with E-state index in [1.54, 1.807) is 22.9 Å². The summed E-state index contributed by atoms with van der Waals surface area (Å²) in [6.45, 7) is 6.69. The van der Waals surface area contributed by atoms with Crippen LogP contribution in [0.2, 0.25) is 5.15 Å². The molecule has 26 heavy (non-hydrogen) atoms. The topological polar surface area (TPSA) is 81.1 Å². The molecule has 8 heteroatoms. The number of sulfone groups is 1. The second-order valence-corrected chi connectivity index (χ2v) is 8.86. The Bertz CT molecular complexity index is 929. The number of amides is 1. The first-order valence-corrected chi connectivity index (χ1v) is 10.4. The second kappa shape index (κ2) is 8.05. The number of rotatable bonds is 6. The van der Waals surface area contributed by atoms with Crippen LogP contribution < -0.4 is 5.32 Å². The van der Waals surface area contributed by atoms with Gasteiger partial charge in [0.25, 0.3) is 0 Å². The van der Waals surface area contributed by atoms with E-state index in [2.05, 4.69) is 24.3 Å². The van der Waals surface area contributed by atoms with E-state index in [1.807, 2.05) is 6.92 Å². The summed E-state index contributed by atoms with van der Waals surface area (Å²) in [5.74, 6) is 0.0611. The van der Waals surface area contributed by atoms with Crippen LogP contribution in [0.5, 0.6) is 0 Å². The molecule has 0 bridgehead atoms. The van der Waals surface area contributed by atoms with Crippen LogP contribution in [-0.2, 0) is 21.2 Å². The van der Waals surface area contributed by atoms with Crippen LogP contribution in [0, 0.1) is 12.8 Å². The molecule has 0 aliphatic heterocycles. The molecular weight excluding hydrogens is 374 g/mol. The standard InChI is InChI=1S/C18H22ClN3O3S/c1-12(2)11-22-18(19)16(13(3)21-22)9-10-17(23)20-14-5-7-15(8-6-14)26(4,24)25/h5-10,12H,11H2,1-4H3,(H,20,23)/b10-9+. The van der Waals surface area contributed by atoms with Gasteiger partial charge in [-0.15, -0.1) is 0 Å². The predicted octanol–water partition coefficient (Wildman–Crippen LogP) is 3.56. The minimum Gasteiger partial charge on any atom is -0.323 e. The number of aryl methyl sites for hydroxylation is 1. The molecule has 0 aliphatic carbocycles. The highest BCUT2D eigenvalue weighted by Gasteiger charge is 2.12. The van der Waals surface area contributed by atoms with E-state index in [9.17, 15) is 13.2 Å². The average molecular weight is 396 g/mol. The maximum Gasteiger partial charge on any atom is 0.248 e. The Balaban J connectivity index is 2.09. The zero-order valence-corrected chi connectivity index (χ0v) is 16.7. The zero-order valence-electron chi connectivity index (χ0n) is 15.2. The van der Waals surface area contributed by atoms with E-state index in [4.69, 9.17) is 11.6 Å². The second-order valence-electron chi connectivity index (χ2n) is 6.48. The minimum absolute atomic E-state index is 0.200. The van der Waals surface area contributed by atoms with Gasteiger partial charge in [-0.2, -0.15) is 5.10 Å². The van der Waals surface area contributed by atoms with Crippen molar-refractivity contribution in [1.29, 1.82) is 0 Å². The fraction of sp³-hybridized carbons (Fsp3) is 0.333. The number of carbonyl (C=O) groups is 1. The molecule has 1 aromatic carbocycles. The number of nitrogens with zero attached hydrogens (tertiary/aromatic N) is 2. The van der Waals surface area contributed by atoms with Crippen LogP contribution in [0.15, 0.2) is 35.2 Å². The monoisotopic (exact) mass is 395 g/mol. The highest BCUT2D eigenvalue weighted by Crippen LogP contribution is 2.22. The molecule has 1 heterocycles. The Kier molecular flexibility index (Phi) is 6.26. The number of carbonyl (C=O) groups excluding carboxylic acids is 1. The predicted molar refractivity (Wildman–Crippen MR) is 104 cm³/mol. The van der Waals surface area contributed by atoms with Gasteiger partial charge in [0.05, 0.1) is 10.6 Å². The van der Waals surface area contributed by atoms with Gasteiger partial charge in [0.2, 0.25) is 5.91 Å². The molecule has 0 aliphatic rings. The summed E-state index contributed by atoms with van der Waals surface area (Å²) in [4.78, 5) is 12.3. The van der Waals surface area contributed by atoms with Crippen LogP contribution in [-0.4, -0.2) is 30.4 Å². The molecule has 0 saturated heterocycles. The van der Waals surface area contributed by atoms with E-state index in [-0.39, 0.29) is 10.8 Å². The number of benzene rings is 1. The Morgan fingerprint density at radius 3 is 2.46 bits per heavy atom. The molecular formula is C18H22ClN3O3S. The molecule has 2 aromatic rings. The van der Waals surface area contributed by atoms with E-state index >= 15 is 0 Å². The maximum atomic E-state index is 12.1. The smallest absolute Gasteiger partial charge is 0.248 e. The lowest BCUT2D eigenvalue weighted by molar-refractivity contribution is -0.111. The highest BCUT2D eigenvalue weighted by atomic mass is 35.5. The van der Waals surface area contributed by atoms with Crippen molar-refractivity contribution < 1.29 is 13.2 Å². The van der Waals surface area contributed by atoms with Crippen molar-refractivity contribution in [2.75, 3.05) is 11.6 Å². The third-order valence-electron chi connectivity index (χ3n) is 3.60. The van der Waals surface area contributed by atoms with Crippen molar-refractivity contribution in [2.24, 2.45) is 5.92 Å². The van der Waals surface area contributed by atoms with Crippen molar-refractivity contribution in [2.45, 2.75) is 32.2 Å². The first-order valence-electron chi connectivity index (χ1n) is 8.10. The van der Waals surface area contributed by atoms with Crippen LogP contribution >= 0.6 is 11.6 Å². The van der Waals surface area contributed by atoms with Gasteiger partial charge in [-0.05, 0) is 43.2 Å². The molecule has 6 nitrogen and oxygen atoms in total. The largest absolute Gasteiger partial charge is 0.323 e. The minimum atomic E-state index is -3.26. The Labute approximate surface area is 158 Å². The number of hydrogen-bond donors (Lipinski definition) is 1. The fourth-order valence-electron chi connectivity index (χ4n) is 2.35. The third kappa shape index (κ3) is 5.19. The molecule has 0 fully saturated rings. The van der Waals surface area contributed by atoms with Crippen molar-refractivity contribution in [3.8, 4) is 0 Å². The average Bonchev–Trinajstić information content (AvgIpc) is 2.78. The summed E-state index contributed by atoms with van der Waals surface area (Å²) in [6, 6.07) is 5.99. The quantitative estimate of drug-likeness (QED) is 0.758. The van der Waals surface area contributed by atoms with Crippen LogP contribution in [0.25, 0.3) is 6.08 Å². The molecule has 140 valence electrons. The van der Waals surface area contributed by atoms with Crippen molar-refractivity contribution >= 4 is 39.1 Å². The molecule has 1 aromatic heterocycles. The fourth-order valence-corrected chi connectivity index (χ4v) is 3.29. The lowest BCUT2D eigenvalue weighted by Gasteiger charge is -2.05. The first-order chi connectivity index (χ1) is 12.1. The number of hydrogen-bond acceptors (Lipinski definition) is 4. The van der Waals surface area contributed by atoms with Crippen LogP contribution in [0.1, 0.15) is 25.1 Å². The summed E-state index contributed by atoms with van der Waals surface area (Å²) in [5.41, 5.74) is 1.96. The van der Waals surface area contributed by atoms with Crippen LogP contribution in [0.3, 0.4) is 0 Å². The molecule has 1 N–H and O–H groups in total. The molecule has 0 saturated carbocycles. The summed E-state index contributed by atoms with van der Waals surface area (Å²) in [5, 5.41) is 7.57. The normalized spacial score (nSPS) is 12.1. The number of aromatic nitrogens is 2. The Hall–Kier alpha value is -2.12. The lowest BCUT2D eigenvalue weighted by atomic mass is 10.2. The zero-order chi connectivity index (χ0) is 19.5. The SMILES string of the molecule is Cc1nn(CC(C)C)c(Cl)c1/C=C/C(=O)Nc1ccc(S(C)(=O)=O)cc1. The van der Waals surface area contributed by atoms with Gasteiger partial charge in [0.15, 0.2) is 9.84 Å². The van der Waals surface area contributed by atoms with Crippen LogP contribution in [0.4, 0.5) is 5.69 Å². The van der Waals surface area contributed by atoms with Gasteiger partial charge in [-0.1, -0.05) is 25.4 Å². The van der Waals surface area contributed by atoms with Gasteiger partial charge in [0, 0.05) is 30.1 Å². The summed E-state index contributed by atoms with van der Waals surface area (Å²) in [7, 11) is -3.26. The Morgan fingerprint density at radius 1 is 1.31 bits per heavy atom. The molecule has 0 radical (unpaired) electrons. The molecule has 2 rings (SSSR count). The summed E-state index contributed by atoms with van der Waals surface area (Å²) < 4.78 is 24.6. The van der Waals surface area contributed by atoms with Gasteiger partial charge < -0.3 is 5.32 Å². The maximum absolute atomic E-state index is 12.1. The van der Waals surface area contributed by atoms with Gasteiger partial charge in [0.1, 0.15) is 5.15 Å². The van der Waals surface area contributed by atoms with E-state index in [0.29, 0.717) is 28.9 Å². The highest BCUT2D eigenvalue weighted by molar-refractivity contribution is 7.90. The third-order valence-corrected chi connectivity index (χ3v) is 5.13. The molecule has 0 spiro atoms. The number of halogens is 1. The lowest BCUT2D eigenvalue weighted by Crippen LogP contribution is -2.08. The summed E-state index contributed by atoms with van der Waals surface area (Å²) >= 11 is 6.34. The molecule has 0 unspecified atom stereocenters. The number of nitrogens with one attached hydrogen (secondary N) is 1. The summed E-state index contributed by atoms with van der Waals surface area (Å²) in [6.07, 6.45) is 4.14. The van der Waals surface area contributed by atoms with Gasteiger partial charge in [-0.3, -0.25) is 9.48 Å². The molecule has 0 atom stereocenters. The molecule has 1 amide bonds. The van der Waals surface area contributed by atoms with E-state index in [0.717, 1.165) is 11.9 Å². The van der Waals surface area contributed by atoms with Crippen molar-refractivity contribution in [3.05, 3.63) is 46.8 Å². The van der Waals surface area contributed by atoms with Crippen molar-refractivity contribution in [1.82, 2.24) is 9.78 Å². The van der Waals surface area contributed by atoms with Crippen molar-refractivity contribution in [3.63, 3.8) is 0 Å². The van der Waals surface area contributed by atoms with E-state index < -0.39 is 9.84 Å².